The van der Waals surface area contributed by atoms with Crippen molar-refractivity contribution in [1.29, 1.82) is 0 Å². The topological polar surface area (TPSA) is 25.9 Å². The summed E-state index contributed by atoms with van der Waals surface area (Å²) in [5.74, 6) is 0. The summed E-state index contributed by atoms with van der Waals surface area (Å²) in [5, 5.41) is 0. The molecule has 2 aromatic rings. The maximum Gasteiger partial charge on any atom is 0.169 e. The van der Waals surface area contributed by atoms with Crippen LogP contribution in [0.1, 0.15) is 21.7 Å². The van der Waals surface area contributed by atoms with Crippen LogP contribution in [0.5, 0.6) is 0 Å². The van der Waals surface area contributed by atoms with Crippen molar-refractivity contribution in [3.05, 3.63) is 53.6 Å². The lowest BCUT2D eigenvalue weighted by Gasteiger charge is -1.98. The molecule has 0 aliphatic heterocycles. The van der Waals surface area contributed by atoms with E-state index in [4.69, 9.17) is 0 Å². The van der Waals surface area contributed by atoms with Gasteiger partial charge in [-0.2, -0.15) is 0 Å². The molecule has 0 aromatic carbocycles. The van der Waals surface area contributed by atoms with Gasteiger partial charge in [0.25, 0.3) is 0 Å². The van der Waals surface area contributed by atoms with E-state index in [2.05, 4.69) is 0 Å². The Bertz CT molecular complexity index is 550. The molecule has 2 aromatic heterocycles. The van der Waals surface area contributed by atoms with Gasteiger partial charge in [0, 0.05) is 24.9 Å². The number of aryl methyl sites for hydroxylation is 1. The van der Waals surface area contributed by atoms with Crippen LogP contribution in [0.15, 0.2) is 36.7 Å². The Labute approximate surface area is 101 Å². The zero-order valence-corrected chi connectivity index (χ0v) is 10.00. The van der Waals surface area contributed by atoms with E-state index in [0.717, 1.165) is 17.5 Å². The molecule has 0 fully saturated rings. The molecule has 86 valence electrons. The summed E-state index contributed by atoms with van der Waals surface area (Å²) in [5.41, 5.74) is 2.83. The first-order valence-corrected chi connectivity index (χ1v) is 5.45. The van der Waals surface area contributed by atoms with Crippen LogP contribution in [0.4, 0.5) is 0 Å². The number of nitrogens with zero attached hydrogens (tertiary/aromatic N) is 2. The van der Waals surface area contributed by atoms with Gasteiger partial charge in [0.1, 0.15) is 7.05 Å². The summed E-state index contributed by atoms with van der Waals surface area (Å²) in [6.07, 6.45) is 8.90. The SMILES string of the molecule is Cn1c(C=O)ccc1/C=C/c1cc[n+](C)cc1. The number of carbonyl (C=O) groups excluding carboxylic acids is 1. The number of pyridine rings is 1. The van der Waals surface area contributed by atoms with E-state index < -0.39 is 0 Å². The Balaban J connectivity index is 2.22. The third kappa shape index (κ3) is 2.50. The lowest BCUT2D eigenvalue weighted by Crippen LogP contribution is -2.25. The number of aldehydes is 1. The highest BCUT2D eigenvalue weighted by atomic mass is 16.1. The predicted molar refractivity (Wildman–Crippen MR) is 67.3 cm³/mol. The van der Waals surface area contributed by atoms with Crippen LogP contribution in [0.3, 0.4) is 0 Å². The summed E-state index contributed by atoms with van der Waals surface area (Å²) in [4.78, 5) is 10.7. The van der Waals surface area contributed by atoms with Crippen molar-refractivity contribution in [2.45, 2.75) is 0 Å². The van der Waals surface area contributed by atoms with Gasteiger partial charge in [-0.25, -0.2) is 4.57 Å². The number of carbonyl (C=O) groups is 1. The first kappa shape index (κ1) is 11.3. The summed E-state index contributed by atoms with van der Waals surface area (Å²) in [7, 11) is 3.87. The van der Waals surface area contributed by atoms with Crippen molar-refractivity contribution in [2.24, 2.45) is 14.1 Å². The normalized spacial score (nSPS) is 10.9. The molecule has 0 amide bonds. The molecule has 0 bridgehead atoms. The molecule has 0 saturated carbocycles. The van der Waals surface area contributed by atoms with E-state index in [0.29, 0.717) is 5.69 Å². The van der Waals surface area contributed by atoms with Crippen molar-refractivity contribution in [2.75, 3.05) is 0 Å². The fraction of sp³-hybridized carbons (Fsp3) is 0.143. The van der Waals surface area contributed by atoms with E-state index in [1.54, 1.807) is 0 Å². The van der Waals surface area contributed by atoms with Crippen LogP contribution in [-0.4, -0.2) is 10.9 Å². The summed E-state index contributed by atoms with van der Waals surface area (Å²) in [6.45, 7) is 0. The van der Waals surface area contributed by atoms with Crippen LogP contribution in [-0.2, 0) is 14.1 Å². The van der Waals surface area contributed by atoms with Crippen LogP contribution in [0, 0.1) is 0 Å². The molecule has 17 heavy (non-hydrogen) atoms. The Hall–Kier alpha value is -2.16. The first-order valence-electron chi connectivity index (χ1n) is 5.45. The minimum absolute atomic E-state index is 0.684. The highest BCUT2D eigenvalue weighted by Crippen LogP contribution is 2.09. The van der Waals surface area contributed by atoms with Gasteiger partial charge in [0.15, 0.2) is 18.7 Å². The molecule has 0 aliphatic carbocycles. The van der Waals surface area contributed by atoms with Crippen molar-refractivity contribution in [3.8, 4) is 0 Å². The average Bonchev–Trinajstić information content (AvgIpc) is 2.69. The Kier molecular flexibility index (Phi) is 3.19. The maximum atomic E-state index is 10.7. The van der Waals surface area contributed by atoms with Crippen LogP contribution >= 0.6 is 0 Å². The standard InChI is InChI=1S/C14H15N2O/c1-15-9-7-12(8-10-15)3-4-13-5-6-14(11-17)16(13)2/h3-11H,1-2H3/q+1. The number of rotatable bonds is 3. The van der Waals surface area contributed by atoms with Gasteiger partial charge in [0.05, 0.1) is 5.69 Å². The molecule has 0 radical (unpaired) electrons. The Morgan fingerprint density at radius 1 is 1.06 bits per heavy atom. The van der Waals surface area contributed by atoms with Gasteiger partial charge in [-0.05, 0) is 23.8 Å². The lowest BCUT2D eigenvalue weighted by atomic mass is 10.2. The number of hydrogen-bond acceptors (Lipinski definition) is 1. The molecule has 0 atom stereocenters. The molecule has 2 heterocycles. The fourth-order valence-electron chi connectivity index (χ4n) is 1.63. The van der Waals surface area contributed by atoms with E-state index in [-0.39, 0.29) is 0 Å². The van der Waals surface area contributed by atoms with Gasteiger partial charge in [-0.3, -0.25) is 4.79 Å². The number of hydrogen-bond donors (Lipinski definition) is 0. The van der Waals surface area contributed by atoms with E-state index in [1.165, 1.54) is 0 Å². The summed E-state index contributed by atoms with van der Waals surface area (Å²) in [6, 6.07) is 7.83. The molecule has 0 saturated heterocycles. The molecule has 0 unspecified atom stereocenters. The fourth-order valence-corrected chi connectivity index (χ4v) is 1.63. The lowest BCUT2D eigenvalue weighted by molar-refractivity contribution is -0.671. The van der Waals surface area contributed by atoms with Crippen LogP contribution in [0.25, 0.3) is 12.2 Å². The first-order chi connectivity index (χ1) is 8.20. The van der Waals surface area contributed by atoms with E-state index in [9.17, 15) is 4.79 Å². The Morgan fingerprint density at radius 2 is 1.71 bits per heavy atom. The molecule has 3 heteroatoms. The van der Waals surface area contributed by atoms with Crippen molar-refractivity contribution in [3.63, 3.8) is 0 Å². The van der Waals surface area contributed by atoms with Gasteiger partial charge in [-0.1, -0.05) is 6.08 Å². The third-order valence-corrected chi connectivity index (χ3v) is 2.77. The smallest absolute Gasteiger partial charge is 0.169 e. The predicted octanol–water partition coefficient (Wildman–Crippen LogP) is 1.83. The zero-order chi connectivity index (χ0) is 12.3. The average molecular weight is 227 g/mol. The molecular weight excluding hydrogens is 212 g/mol. The van der Waals surface area contributed by atoms with Gasteiger partial charge in [0.2, 0.25) is 0 Å². The second kappa shape index (κ2) is 4.78. The van der Waals surface area contributed by atoms with Crippen molar-refractivity contribution < 1.29 is 9.36 Å². The number of aromatic nitrogens is 2. The second-order valence-corrected chi connectivity index (χ2v) is 3.99. The highest BCUT2D eigenvalue weighted by molar-refractivity contribution is 5.76. The van der Waals surface area contributed by atoms with Gasteiger partial charge >= 0.3 is 0 Å². The van der Waals surface area contributed by atoms with Crippen LogP contribution in [0.2, 0.25) is 0 Å². The molecule has 0 aliphatic rings. The monoisotopic (exact) mass is 227 g/mol. The summed E-state index contributed by atoms with van der Waals surface area (Å²) >= 11 is 0. The molecule has 0 N–H and O–H groups in total. The van der Waals surface area contributed by atoms with Crippen molar-refractivity contribution in [1.82, 2.24) is 4.57 Å². The third-order valence-electron chi connectivity index (χ3n) is 2.77. The van der Waals surface area contributed by atoms with Gasteiger partial charge in [-0.15, -0.1) is 0 Å². The van der Waals surface area contributed by atoms with E-state index in [1.807, 2.05) is 72.0 Å². The molecule has 2 rings (SSSR count). The van der Waals surface area contributed by atoms with Gasteiger partial charge < -0.3 is 4.57 Å². The minimum atomic E-state index is 0.684. The van der Waals surface area contributed by atoms with Crippen molar-refractivity contribution >= 4 is 18.4 Å². The largest absolute Gasteiger partial charge is 0.342 e. The zero-order valence-electron chi connectivity index (χ0n) is 10.00. The highest BCUT2D eigenvalue weighted by Gasteiger charge is 2.00. The summed E-state index contributed by atoms with van der Waals surface area (Å²) < 4.78 is 3.86. The Morgan fingerprint density at radius 3 is 2.29 bits per heavy atom. The molecule has 0 spiro atoms. The van der Waals surface area contributed by atoms with Crippen LogP contribution < -0.4 is 4.57 Å². The minimum Gasteiger partial charge on any atom is -0.342 e. The molecular formula is C14H15N2O+. The quantitative estimate of drug-likeness (QED) is 0.580. The molecule has 3 nitrogen and oxygen atoms in total. The van der Waals surface area contributed by atoms with E-state index >= 15 is 0 Å². The second-order valence-electron chi connectivity index (χ2n) is 3.99. The maximum absolute atomic E-state index is 10.7.